The molecule has 0 spiro atoms. The second-order valence-corrected chi connectivity index (χ2v) is 3.34. The van der Waals surface area contributed by atoms with Crippen molar-refractivity contribution in [2.24, 2.45) is 5.73 Å². The normalized spacial score (nSPS) is 9.73. The van der Waals surface area contributed by atoms with Crippen LogP contribution in [0.3, 0.4) is 0 Å². The Bertz CT molecular complexity index is 437. The molecule has 0 saturated carbocycles. The summed E-state index contributed by atoms with van der Waals surface area (Å²) in [5.41, 5.74) is 8.87. The summed E-state index contributed by atoms with van der Waals surface area (Å²) in [6, 6.07) is 8.21. The average Bonchev–Trinajstić information content (AvgIpc) is 2.66. The van der Waals surface area contributed by atoms with Gasteiger partial charge in [-0.3, -0.25) is 0 Å². The minimum absolute atomic E-state index is 0. The van der Waals surface area contributed by atoms with Gasteiger partial charge in [0.2, 0.25) is 0 Å². The lowest BCUT2D eigenvalue weighted by Crippen LogP contribution is -1.95. The number of hydrogen-bond donors (Lipinski definition) is 1. The molecule has 3 nitrogen and oxygen atoms in total. The largest absolute Gasteiger partial charge is 0.326 e. The summed E-state index contributed by atoms with van der Waals surface area (Å²) in [6.45, 7) is 2.60. The van der Waals surface area contributed by atoms with E-state index in [0.717, 1.165) is 11.3 Å². The standard InChI is InChI=1S/C11H13N3.ClH/c1-9-3-2-4-11(5-9)14-8-10(6-12)7-13-14;/h2-5,7-8H,6,12H2,1H3;1H. The highest BCUT2D eigenvalue weighted by Crippen LogP contribution is 2.09. The van der Waals surface area contributed by atoms with Gasteiger partial charge in [0.25, 0.3) is 0 Å². The van der Waals surface area contributed by atoms with E-state index in [0.29, 0.717) is 6.54 Å². The first-order valence-electron chi connectivity index (χ1n) is 4.60. The Morgan fingerprint density at radius 2 is 2.20 bits per heavy atom. The van der Waals surface area contributed by atoms with Crippen molar-refractivity contribution in [2.45, 2.75) is 13.5 Å². The zero-order valence-corrected chi connectivity index (χ0v) is 9.37. The van der Waals surface area contributed by atoms with Crippen LogP contribution in [-0.2, 0) is 6.54 Å². The second kappa shape index (κ2) is 4.96. The van der Waals surface area contributed by atoms with Crippen LogP contribution in [0.4, 0.5) is 0 Å². The van der Waals surface area contributed by atoms with E-state index in [1.54, 1.807) is 6.20 Å². The molecular formula is C11H14ClN3. The molecule has 15 heavy (non-hydrogen) atoms. The fourth-order valence-electron chi connectivity index (χ4n) is 1.38. The number of halogens is 1. The molecule has 0 amide bonds. The maximum Gasteiger partial charge on any atom is 0.0648 e. The van der Waals surface area contributed by atoms with Crippen molar-refractivity contribution < 1.29 is 0 Å². The van der Waals surface area contributed by atoms with E-state index in [-0.39, 0.29) is 12.4 Å². The fourth-order valence-corrected chi connectivity index (χ4v) is 1.38. The second-order valence-electron chi connectivity index (χ2n) is 3.34. The van der Waals surface area contributed by atoms with Crippen molar-refractivity contribution in [1.82, 2.24) is 9.78 Å². The molecular weight excluding hydrogens is 210 g/mol. The monoisotopic (exact) mass is 223 g/mol. The number of benzene rings is 1. The van der Waals surface area contributed by atoms with Gasteiger partial charge in [0.1, 0.15) is 0 Å². The molecule has 0 aliphatic rings. The Morgan fingerprint density at radius 3 is 2.80 bits per heavy atom. The SMILES string of the molecule is Cc1cccc(-n2cc(CN)cn2)c1.Cl. The molecule has 0 aliphatic heterocycles. The summed E-state index contributed by atoms with van der Waals surface area (Å²) in [5.74, 6) is 0. The first-order valence-corrected chi connectivity index (χ1v) is 4.60. The van der Waals surface area contributed by atoms with Crippen LogP contribution in [0, 0.1) is 6.92 Å². The predicted molar refractivity (Wildman–Crippen MR) is 63.4 cm³/mol. The van der Waals surface area contributed by atoms with Crippen LogP contribution in [0.1, 0.15) is 11.1 Å². The van der Waals surface area contributed by atoms with E-state index in [1.165, 1.54) is 5.56 Å². The van der Waals surface area contributed by atoms with E-state index >= 15 is 0 Å². The number of nitrogens with two attached hydrogens (primary N) is 1. The lowest BCUT2D eigenvalue weighted by atomic mass is 10.2. The van der Waals surface area contributed by atoms with Gasteiger partial charge in [-0.2, -0.15) is 5.10 Å². The van der Waals surface area contributed by atoms with Crippen molar-refractivity contribution in [2.75, 3.05) is 0 Å². The summed E-state index contributed by atoms with van der Waals surface area (Å²) in [5, 5.41) is 4.24. The summed E-state index contributed by atoms with van der Waals surface area (Å²) >= 11 is 0. The minimum Gasteiger partial charge on any atom is -0.326 e. The lowest BCUT2D eigenvalue weighted by molar-refractivity contribution is 0.878. The molecule has 0 aliphatic carbocycles. The highest BCUT2D eigenvalue weighted by molar-refractivity contribution is 5.85. The van der Waals surface area contributed by atoms with E-state index in [4.69, 9.17) is 5.73 Å². The van der Waals surface area contributed by atoms with E-state index < -0.39 is 0 Å². The van der Waals surface area contributed by atoms with Gasteiger partial charge in [-0.15, -0.1) is 12.4 Å². The van der Waals surface area contributed by atoms with Crippen LogP contribution < -0.4 is 5.73 Å². The summed E-state index contributed by atoms with van der Waals surface area (Å²) in [4.78, 5) is 0. The highest BCUT2D eigenvalue weighted by Gasteiger charge is 1.98. The Morgan fingerprint density at radius 1 is 1.40 bits per heavy atom. The topological polar surface area (TPSA) is 43.8 Å². The van der Waals surface area contributed by atoms with Crippen LogP contribution in [0.5, 0.6) is 0 Å². The van der Waals surface area contributed by atoms with Crippen LogP contribution in [0.15, 0.2) is 36.7 Å². The van der Waals surface area contributed by atoms with Gasteiger partial charge in [0.15, 0.2) is 0 Å². The number of rotatable bonds is 2. The van der Waals surface area contributed by atoms with Crippen molar-refractivity contribution in [1.29, 1.82) is 0 Å². The molecule has 0 unspecified atom stereocenters. The van der Waals surface area contributed by atoms with Crippen molar-refractivity contribution in [3.05, 3.63) is 47.8 Å². The van der Waals surface area contributed by atoms with Crippen LogP contribution in [-0.4, -0.2) is 9.78 Å². The third kappa shape index (κ3) is 2.58. The van der Waals surface area contributed by atoms with Crippen molar-refractivity contribution in [3.8, 4) is 5.69 Å². The summed E-state index contributed by atoms with van der Waals surface area (Å²) in [7, 11) is 0. The highest BCUT2D eigenvalue weighted by atomic mass is 35.5. The van der Waals surface area contributed by atoms with Crippen LogP contribution in [0.2, 0.25) is 0 Å². The van der Waals surface area contributed by atoms with E-state index in [9.17, 15) is 0 Å². The molecule has 1 heterocycles. The molecule has 2 N–H and O–H groups in total. The first kappa shape index (κ1) is 11.8. The zero-order valence-electron chi connectivity index (χ0n) is 8.55. The fraction of sp³-hybridized carbons (Fsp3) is 0.182. The Kier molecular flexibility index (Phi) is 3.88. The number of hydrogen-bond acceptors (Lipinski definition) is 2. The van der Waals surface area contributed by atoms with Crippen molar-refractivity contribution in [3.63, 3.8) is 0 Å². The molecule has 0 atom stereocenters. The molecule has 0 radical (unpaired) electrons. The number of aryl methyl sites for hydroxylation is 1. The molecule has 4 heteroatoms. The van der Waals surface area contributed by atoms with Crippen molar-refractivity contribution >= 4 is 12.4 Å². The summed E-state index contributed by atoms with van der Waals surface area (Å²) in [6.07, 6.45) is 3.75. The average molecular weight is 224 g/mol. The van der Waals surface area contributed by atoms with Gasteiger partial charge in [0, 0.05) is 18.3 Å². The summed E-state index contributed by atoms with van der Waals surface area (Å²) < 4.78 is 1.84. The number of aromatic nitrogens is 2. The first-order chi connectivity index (χ1) is 6.79. The van der Waals surface area contributed by atoms with Crippen LogP contribution in [0.25, 0.3) is 5.69 Å². The molecule has 0 saturated heterocycles. The molecule has 1 aromatic heterocycles. The van der Waals surface area contributed by atoms with Gasteiger partial charge >= 0.3 is 0 Å². The van der Waals surface area contributed by atoms with Gasteiger partial charge in [0.05, 0.1) is 11.9 Å². The van der Waals surface area contributed by atoms with Gasteiger partial charge in [-0.05, 0) is 24.6 Å². The maximum atomic E-state index is 5.52. The Hall–Kier alpha value is -1.32. The van der Waals surface area contributed by atoms with Crippen LogP contribution >= 0.6 is 12.4 Å². The quantitative estimate of drug-likeness (QED) is 0.847. The third-order valence-electron chi connectivity index (χ3n) is 2.14. The third-order valence-corrected chi connectivity index (χ3v) is 2.14. The van der Waals surface area contributed by atoms with E-state index in [2.05, 4.69) is 24.2 Å². The minimum atomic E-state index is 0. The maximum absolute atomic E-state index is 5.52. The number of nitrogens with zero attached hydrogens (tertiary/aromatic N) is 2. The van der Waals surface area contributed by atoms with E-state index in [1.807, 2.05) is 23.0 Å². The Balaban J connectivity index is 0.00000112. The predicted octanol–water partition coefficient (Wildman–Crippen LogP) is 2.06. The molecule has 80 valence electrons. The smallest absolute Gasteiger partial charge is 0.0648 e. The van der Waals surface area contributed by atoms with Gasteiger partial charge < -0.3 is 5.73 Å². The van der Waals surface area contributed by atoms with Gasteiger partial charge in [-0.1, -0.05) is 12.1 Å². The van der Waals surface area contributed by atoms with Gasteiger partial charge in [-0.25, -0.2) is 4.68 Å². The lowest BCUT2D eigenvalue weighted by Gasteiger charge is -2.01. The molecule has 0 bridgehead atoms. The molecule has 1 aromatic carbocycles. The zero-order chi connectivity index (χ0) is 9.97. The Labute approximate surface area is 95.3 Å². The molecule has 0 fully saturated rings. The molecule has 2 rings (SSSR count). The molecule has 2 aromatic rings.